The second-order valence-electron chi connectivity index (χ2n) is 4.94. The molecule has 0 saturated carbocycles. The molecule has 94 valence electrons. The highest BCUT2D eigenvalue weighted by Crippen LogP contribution is 2.24. The molecule has 0 N–H and O–H groups in total. The Bertz CT molecular complexity index is 635. The van der Waals surface area contributed by atoms with Crippen LogP contribution in [0.25, 0.3) is 11.3 Å². The Kier molecular flexibility index (Phi) is 2.32. The van der Waals surface area contributed by atoms with Crippen LogP contribution in [0.3, 0.4) is 0 Å². The van der Waals surface area contributed by atoms with E-state index in [1.165, 1.54) is 0 Å². The van der Waals surface area contributed by atoms with Crippen LogP contribution in [0.1, 0.15) is 41.9 Å². The summed E-state index contributed by atoms with van der Waals surface area (Å²) in [6.45, 7) is 3.66. The summed E-state index contributed by atoms with van der Waals surface area (Å²) in [7, 11) is 1.85. The van der Waals surface area contributed by atoms with E-state index in [1.54, 1.807) is 12.3 Å². The van der Waals surface area contributed by atoms with Gasteiger partial charge in [0.15, 0.2) is 6.20 Å². The van der Waals surface area contributed by atoms with Crippen molar-refractivity contribution in [2.75, 3.05) is 0 Å². The van der Waals surface area contributed by atoms with Gasteiger partial charge in [-0.1, -0.05) is 26.0 Å². The van der Waals surface area contributed by atoms with Gasteiger partial charge in [0, 0.05) is 22.7 Å². The maximum atomic E-state index is 8.12. The van der Waals surface area contributed by atoms with Crippen molar-refractivity contribution >= 4 is 0 Å². The lowest BCUT2D eigenvalue weighted by atomic mass is 9.96. The highest BCUT2D eigenvalue weighted by Gasteiger charge is 2.13. The summed E-state index contributed by atoms with van der Waals surface area (Å²) in [5.74, 6) is -0.628. The second kappa shape index (κ2) is 4.93. The molecule has 0 radical (unpaired) electrons. The summed E-state index contributed by atoms with van der Waals surface area (Å²) in [6, 6.07) is 9.50. The molecule has 1 heteroatoms. The Hall–Kier alpha value is -1.63. The summed E-state index contributed by atoms with van der Waals surface area (Å²) in [4.78, 5) is 0. The van der Waals surface area contributed by atoms with Gasteiger partial charge in [0.05, 0.1) is 0 Å². The fourth-order valence-electron chi connectivity index (χ4n) is 2.15. The molecule has 0 atom stereocenters. The van der Waals surface area contributed by atoms with Gasteiger partial charge >= 0.3 is 0 Å². The first-order valence-corrected chi connectivity index (χ1v) is 6.12. The van der Waals surface area contributed by atoms with E-state index in [4.69, 9.17) is 5.48 Å². The van der Waals surface area contributed by atoms with Gasteiger partial charge in [-0.25, -0.2) is 4.57 Å². The minimum absolute atomic E-state index is 0.334. The van der Waals surface area contributed by atoms with Crippen LogP contribution in [0.5, 0.6) is 0 Å². The zero-order valence-corrected chi connectivity index (χ0v) is 11.4. The minimum Gasteiger partial charge on any atom is -0.201 e. The van der Waals surface area contributed by atoms with Crippen LogP contribution < -0.4 is 4.57 Å². The Balaban J connectivity index is 2.49. The third kappa shape index (κ3) is 2.45. The number of hydrogen-bond donors (Lipinski definition) is 0. The number of aryl methyl sites for hydroxylation is 3. The standard InChI is InChI=1S/C17H22N/c1-12(2)15-7-8-16(14(4)10-15)17-9-6-13(3)11-18(17)5/h6-12H,1-5H3/q+1/i3D3,12D. The Morgan fingerprint density at radius 3 is 2.56 bits per heavy atom. The first kappa shape index (κ1) is 8.47. The van der Waals surface area contributed by atoms with Crippen LogP contribution in [0.15, 0.2) is 36.5 Å². The van der Waals surface area contributed by atoms with Gasteiger partial charge in [-0.05, 0) is 42.9 Å². The van der Waals surface area contributed by atoms with Gasteiger partial charge < -0.3 is 0 Å². The summed E-state index contributed by atoms with van der Waals surface area (Å²) in [5, 5.41) is 0. The predicted octanol–water partition coefficient (Wildman–Crippen LogP) is 3.92. The molecule has 0 aliphatic carbocycles. The fourth-order valence-corrected chi connectivity index (χ4v) is 2.15. The van der Waals surface area contributed by atoms with Gasteiger partial charge in [-0.2, -0.15) is 0 Å². The van der Waals surface area contributed by atoms with Crippen molar-refractivity contribution in [1.82, 2.24) is 0 Å². The van der Waals surface area contributed by atoms with Crippen molar-refractivity contribution in [2.24, 2.45) is 7.05 Å². The Labute approximate surface area is 116 Å². The second-order valence-corrected chi connectivity index (χ2v) is 4.94. The van der Waals surface area contributed by atoms with E-state index in [9.17, 15) is 0 Å². The van der Waals surface area contributed by atoms with E-state index in [0.29, 0.717) is 5.56 Å². The lowest BCUT2D eigenvalue weighted by molar-refractivity contribution is -0.660. The average Bonchev–Trinajstić information content (AvgIpc) is 2.37. The molecule has 1 heterocycles. The molecule has 2 aromatic rings. The third-order valence-electron chi connectivity index (χ3n) is 3.21. The van der Waals surface area contributed by atoms with Crippen LogP contribution >= 0.6 is 0 Å². The number of pyridine rings is 1. The first-order valence-electron chi connectivity index (χ1n) is 8.12. The van der Waals surface area contributed by atoms with E-state index in [2.05, 4.69) is 0 Å². The Morgan fingerprint density at radius 2 is 2.00 bits per heavy atom. The fraction of sp³-hybridized carbons (Fsp3) is 0.353. The first-order chi connectivity index (χ1) is 10.00. The molecule has 0 aliphatic rings. The molecule has 1 aromatic carbocycles. The molecular formula is C17H22N+. The molecule has 0 unspecified atom stereocenters. The van der Waals surface area contributed by atoms with Gasteiger partial charge in [0.2, 0.25) is 5.69 Å². The molecule has 1 nitrogen and oxygen atoms in total. The van der Waals surface area contributed by atoms with Crippen molar-refractivity contribution in [2.45, 2.75) is 33.5 Å². The van der Waals surface area contributed by atoms with E-state index in [1.807, 2.05) is 56.7 Å². The smallest absolute Gasteiger partial charge is 0.201 e. The lowest BCUT2D eigenvalue weighted by Gasteiger charge is -2.10. The lowest BCUT2D eigenvalue weighted by Crippen LogP contribution is -2.31. The number of aromatic nitrogens is 1. The number of benzene rings is 1. The molecular weight excluding hydrogens is 218 g/mol. The maximum absolute atomic E-state index is 8.12. The van der Waals surface area contributed by atoms with E-state index >= 15 is 0 Å². The van der Waals surface area contributed by atoms with E-state index < -0.39 is 12.7 Å². The van der Waals surface area contributed by atoms with Crippen LogP contribution in [0.4, 0.5) is 0 Å². The van der Waals surface area contributed by atoms with Crippen molar-refractivity contribution in [1.29, 1.82) is 0 Å². The van der Waals surface area contributed by atoms with Crippen molar-refractivity contribution in [3.8, 4) is 11.3 Å². The van der Waals surface area contributed by atoms with Gasteiger partial charge in [-0.3, -0.25) is 0 Å². The number of nitrogens with zero attached hydrogens (tertiary/aromatic N) is 1. The van der Waals surface area contributed by atoms with Gasteiger partial charge in [-0.15, -0.1) is 0 Å². The molecule has 0 amide bonds. The summed E-state index contributed by atoms with van der Waals surface area (Å²) in [5.41, 5.74) is 4.39. The highest BCUT2D eigenvalue weighted by atomic mass is 14.9. The molecule has 0 spiro atoms. The van der Waals surface area contributed by atoms with Gasteiger partial charge in [0.1, 0.15) is 7.05 Å². The van der Waals surface area contributed by atoms with E-state index in [-0.39, 0.29) is 0 Å². The molecule has 0 saturated heterocycles. The maximum Gasteiger partial charge on any atom is 0.212 e. The normalized spacial score (nSPS) is 15.6. The quantitative estimate of drug-likeness (QED) is 0.705. The van der Waals surface area contributed by atoms with Crippen LogP contribution in [0.2, 0.25) is 0 Å². The average molecular weight is 244 g/mol. The zero-order valence-electron chi connectivity index (χ0n) is 15.4. The minimum atomic E-state index is -2.09. The summed E-state index contributed by atoms with van der Waals surface area (Å²) in [6.07, 6.45) is 1.66. The third-order valence-corrected chi connectivity index (χ3v) is 3.21. The largest absolute Gasteiger partial charge is 0.212 e. The van der Waals surface area contributed by atoms with E-state index in [0.717, 1.165) is 22.4 Å². The zero-order chi connectivity index (χ0) is 16.7. The Morgan fingerprint density at radius 1 is 1.22 bits per heavy atom. The predicted molar refractivity (Wildman–Crippen MR) is 76.6 cm³/mol. The molecule has 0 aliphatic heterocycles. The summed E-state index contributed by atoms with van der Waals surface area (Å²) >= 11 is 0. The highest BCUT2D eigenvalue weighted by molar-refractivity contribution is 5.61. The van der Waals surface area contributed by atoms with Crippen molar-refractivity contribution in [3.05, 3.63) is 53.2 Å². The number of hydrogen-bond acceptors (Lipinski definition) is 0. The van der Waals surface area contributed by atoms with Crippen LogP contribution in [-0.2, 0) is 7.05 Å². The van der Waals surface area contributed by atoms with Crippen molar-refractivity contribution < 1.29 is 10.1 Å². The summed E-state index contributed by atoms with van der Waals surface area (Å²) < 4.78 is 32.4. The van der Waals surface area contributed by atoms with Gasteiger partial charge in [0.25, 0.3) is 0 Å². The molecule has 0 bridgehead atoms. The molecule has 2 rings (SSSR count). The van der Waals surface area contributed by atoms with Crippen LogP contribution in [0, 0.1) is 13.8 Å². The molecule has 18 heavy (non-hydrogen) atoms. The number of rotatable bonds is 2. The van der Waals surface area contributed by atoms with Crippen molar-refractivity contribution in [3.63, 3.8) is 0 Å². The molecule has 1 aromatic heterocycles. The monoisotopic (exact) mass is 244 g/mol. The SMILES string of the molecule is [2H]C([2H])([2H])c1ccc(-c2ccc(C([2H])(C)C)cc2C)[n+](C)c1. The molecule has 0 fully saturated rings. The van der Waals surface area contributed by atoms with Crippen LogP contribution in [-0.4, -0.2) is 0 Å². The topological polar surface area (TPSA) is 3.88 Å².